The largest absolute Gasteiger partial charge is 0.334 e. The van der Waals surface area contributed by atoms with Gasteiger partial charge >= 0.3 is 0 Å². The minimum Gasteiger partial charge on any atom is -0.334 e. The number of hydrogen-bond acceptors (Lipinski definition) is 3. The van der Waals surface area contributed by atoms with Gasteiger partial charge in [0.1, 0.15) is 11.5 Å². The number of nitrogens with zero attached hydrogens (tertiary/aromatic N) is 1. The van der Waals surface area contributed by atoms with Crippen molar-refractivity contribution < 1.29 is 0 Å². The number of hydrogen-bond donors (Lipinski definition) is 3. The predicted molar refractivity (Wildman–Crippen MR) is 61.9 cm³/mol. The van der Waals surface area contributed by atoms with Gasteiger partial charge in [0.15, 0.2) is 0 Å². The van der Waals surface area contributed by atoms with Gasteiger partial charge in [-0.3, -0.25) is 4.79 Å². The van der Waals surface area contributed by atoms with Gasteiger partial charge in [-0.25, -0.2) is 4.98 Å². The van der Waals surface area contributed by atoms with Crippen molar-refractivity contribution in [2.75, 3.05) is 6.54 Å². The molecule has 0 fully saturated rings. The normalized spacial score (nSPS) is 11.1. The van der Waals surface area contributed by atoms with Gasteiger partial charge in [0.2, 0.25) is 0 Å². The Morgan fingerprint density at radius 1 is 1.47 bits per heavy atom. The van der Waals surface area contributed by atoms with Crippen molar-refractivity contribution in [2.45, 2.75) is 13.3 Å². The molecule has 0 bridgehead atoms. The van der Waals surface area contributed by atoms with Crippen molar-refractivity contribution in [3.8, 4) is 0 Å². The number of rotatable bonds is 2. The fraction of sp³-hybridized carbons (Fsp3) is 0.333. The molecule has 80 valence electrons. The summed E-state index contributed by atoms with van der Waals surface area (Å²) in [6, 6.07) is 0. The van der Waals surface area contributed by atoms with Crippen molar-refractivity contribution in [1.29, 1.82) is 0 Å². The van der Waals surface area contributed by atoms with E-state index in [1.165, 1.54) is 0 Å². The van der Waals surface area contributed by atoms with E-state index < -0.39 is 0 Å². The van der Waals surface area contributed by atoms with E-state index in [2.05, 4.69) is 30.9 Å². The third-order valence-corrected chi connectivity index (χ3v) is 2.90. The van der Waals surface area contributed by atoms with Crippen LogP contribution in [0.15, 0.2) is 9.40 Å². The average Bonchev–Trinajstić information content (AvgIpc) is 2.43. The van der Waals surface area contributed by atoms with Gasteiger partial charge in [-0.15, -0.1) is 0 Å². The molecule has 15 heavy (non-hydrogen) atoms. The number of fused-ring (bicyclic) bond motifs is 1. The first-order valence-electron chi connectivity index (χ1n) is 4.60. The summed E-state index contributed by atoms with van der Waals surface area (Å²) in [4.78, 5) is 21.7. The summed E-state index contributed by atoms with van der Waals surface area (Å²) < 4.78 is 0.784. The molecule has 5 nitrogen and oxygen atoms in total. The van der Waals surface area contributed by atoms with Crippen LogP contribution in [0.3, 0.4) is 0 Å². The molecule has 2 aromatic heterocycles. The summed E-state index contributed by atoms with van der Waals surface area (Å²) in [5.74, 6) is 0.598. The second kappa shape index (κ2) is 3.79. The van der Waals surface area contributed by atoms with Gasteiger partial charge in [0.25, 0.3) is 5.56 Å². The van der Waals surface area contributed by atoms with Crippen molar-refractivity contribution in [3.05, 3.63) is 26.3 Å². The molecular formula is C9H11BrN4O. The van der Waals surface area contributed by atoms with Crippen LogP contribution in [0.2, 0.25) is 0 Å². The molecule has 0 aliphatic rings. The third kappa shape index (κ3) is 1.70. The third-order valence-electron chi connectivity index (χ3n) is 2.23. The summed E-state index contributed by atoms with van der Waals surface area (Å²) in [7, 11) is 0. The molecule has 4 N–H and O–H groups in total. The molecule has 0 atom stereocenters. The molecule has 0 aliphatic heterocycles. The lowest BCUT2D eigenvalue weighted by Gasteiger charge is -1.96. The predicted octanol–water partition coefficient (Wildman–Crippen LogP) is 0.823. The van der Waals surface area contributed by atoms with Gasteiger partial charge in [0.05, 0.1) is 9.99 Å². The Hall–Kier alpha value is -1.14. The van der Waals surface area contributed by atoms with Gasteiger partial charge in [-0.2, -0.15) is 0 Å². The van der Waals surface area contributed by atoms with E-state index >= 15 is 0 Å². The molecule has 0 saturated heterocycles. The Labute approximate surface area is 94.2 Å². The standard InChI is InChI=1S/C9H11BrN4O/c1-4-12-8-6(9(15)13-4)5(2-3-11)7(10)14-8/h2-3,11H2,1H3,(H2,12,13,14,15). The van der Waals surface area contributed by atoms with E-state index in [-0.39, 0.29) is 5.56 Å². The van der Waals surface area contributed by atoms with Crippen molar-refractivity contribution in [2.24, 2.45) is 5.73 Å². The topological polar surface area (TPSA) is 87.6 Å². The summed E-state index contributed by atoms with van der Waals surface area (Å²) in [5.41, 5.74) is 6.86. The highest BCUT2D eigenvalue weighted by Crippen LogP contribution is 2.22. The SMILES string of the molecule is Cc1nc2[nH]c(Br)c(CCN)c2c(=O)[nH]1. The number of H-pyrrole nitrogens is 2. The number of halogens is 1. The Balaban J connectivity index is 2.81. The Morgan fingerprint density at radius 3 is 2.87 bits per heavy atom. The fourth-order valence-corrected chi connectivity index (χ4v) is 2.21. The lowest BCUT2D eigenvalue weighted by molar-refractivity contribution is 0.967. The Kier molecular flexibility index (Phi) is 2.62. The van der Waals surface area contributed by atoms with E-state index in [0.717, 1.165) is 10.2 Å². The van der Waals surface area contributed by atoms with E-state index in [4.69, 9.17) is 5.73 Å². The maximum Gasteiger partial charge on any atom is 0.260 e. The van der Waals surface area contributed by atoms with Crippen LogP contribution in [0.1, 0.15) is 11.4 Å². The zero-order valence-electron chi connectivity index (χ0n) is 8.22. The number of nitrogens with one attached hydrogen (secondary N) is 2. The maximum atomic E-state index is 11.7. The molecule has 0 spiro atoms. The molecule has 6 heteroatoms. The minimum absolute atomic E-state index is 0.122. The molecule has 2 heterocycles. The number of aryl methyl sites for hydroxylation is 1. The highest BCUT2D eigenvalue weighted by molar-refractivity contribution is 9.10. The number of aromatic amines is 2. The molecular weight excluding hydrogens is 260 g/mol. The number of nitrogens with two attached hydrogens (primary N) is 1. The lowest BCUT2D eigenvalue weighted by Crippen LogP contribution is -2.11. The first-order chi connectivity index (χ1) is 7.13. The summed E-state index contributed by atoms with van der Waals surface area (Å²) in [5, 5.41) is 0.595. The molecule has 0 radical (unpaired) electrons. The van der Waals surface area contributed by atoms with Crippen LogP contribution in [-0.2, 0) is 6.42 Å². The summed E-state index contributed by atoms with van der Waals surface area (Å²) in [6.07, 6.45) is 0.647. The quantitative estimate of drug-likeness (QED) is 0.755. The first kappa shape index (κ1) is 10.4. The maximum absolute atomic E-state index is 11.7. The van der Waals surface area contributed by atoms with Crippen molar-refractivity contribution >= 4 is 27.0 Å². The Morgan fingerprint density at radius 2 is 2.20 bits per heavy atom. The molecule has 0 amide bonds. The monoisotopic (exact) mass is 270 g/mol. The highest BCUT2D eigenvalue weighted by Gasteiger charge is 2.13. The first-order valence-corrected chi connectivity index (χ1v) is 5.40. The van der Waals surface area contributed by atoms with E-state index in [1.807, 2.05) is 0 Å². The van der Waals surface area contributed by atoms with E-state index in [1.54, 1.807) is 6.92 Å². The molecule has 2 aromatic rings. The van der Waals surface area contributed by atoms with Crippen LogP contribution in [0.5, 0.6) is 0 Å². The zero-order chi connectivity index (χ0) is 11.0. The fourth-order valence-electron chi connectivity index (χ4n) is 1.62. The summed E-state index contributed by atoms with van der Waals surface area (Å²) in [6.45, 7) is 2.25. The lowest BCUT2D eigenvalue weighted by atomic mass is 10.2. The number of aromatic nitrogens is 3. The highest BCUT2D eigenvalue weighted by atomic mass is 79.9. The van der Waals surface area contributed by atoms with Crippen molar-refractivity contribution in [3.63, 3.8) is 0 Å². The minimum atomic E-state index is -0.122. The second-order valence-electron chi connectivity index (χ2n) is 3.33. The van der Waals surface area contributed by atoms with Gasteiger partial charge < -0.3 is 15.7 Å². The van der Waals surface area contributed by atoms with Gasteiger partial charge in [0, 0.05) is 5.56 Å². The van der Waals surface area contributed by atoms with Crippen LogP contribution >= 0.6 is 15.9 Å². The average molecular weight is 271 g/mol. The molecule has 0 unspecified atom stereocenters. The molecule has 2 rings (SSSR count). The molecule has 0 saturated carbocycles. The van der Waals surface area contributed by atoms with Crippen LogP contribution in [0.4, 0.5) is 0 Å². The van der Waals surface area contributed by atoms with Crippen LogP contribution < -0.4 is 11.3 Å². The second-order valence-corrected chi connectivity index (χ2v) is 4.12. The molecule has 0 aromatic carbocycles. The smallest absolute Gasteiger partial charge is 0.260 e. The Bertz CT molecular complexity index is 557. The van der Waals surface area contributed by atoms with Crippen LogP contribution in [-0.4, -0.2) is 21.5 Å². The van der Waals surface area contributed by atoms with Gasteiger partial charge in [-0.1, -0.05) is 0 Å². The van der Waals surface area contributed by atoms with E-state index in [0.29, 0.717) is 29.8 Å². The van der Waals surface area contributed by atoms with Gasteiger partial charge in [-0.05, 0) is 35.8 Å². The zero-order valence-corrected chi connectivity index (χ0v) is 9.81. The van der Waals surface area contributed by atoms with Crippen LogP contribution in [0.25, 0.3) is 11.0 Å². The van der Waals surface area contributed by atoms with Crippen LogP contribution in [0, 0.1) is 6.92 Å². The van der Waals surface area contributed by atoms with E-state index in [9.17, 15) is 4.79 Å². The summed E-state index contributed by atoms with van der Waals surface area (Å²) >= 11 is 3.37. The molecule has 0 aliphatic carbocycles. The van der Waals surface area contributed by atoms with Crippen molar-refractivity contribution in [1.82, 2.24) is 15.0 Å².